The summed E-state index contributed by atoms with van der Waals surface area (Å²) in [7, 11) is 0. The summed E-state index contributed by atoms with van der Waals surface area (Å²) in [5.41, 5.74) is 7.94. The second-order valence-electron chi connectivity index (χ2n) is 11.8. The molecular weight excluding hydrogens is 616 g/mol. The minimum Gasteiger partial charge on any atom is -0.344 e. The standard InChI is InChI=1S/C18H16F3N3O2.C16H16FN3O/c19-13-3-1-12(2-4-13)18(5-6-18)7-15-22-8-11(9-23-15)14(25)10-24-17(26)16(20)21;17-13-3-1-12(2-4-13)16(5-6-16)7-15-19-9-11(10-20-15)14(21)8-18/h1-4,8-9,16H,5-7,10H2,(H,24,26);1-4,9-10H,5-8,18H2. The maximum atomic E-state index is 13.1. The number of halogens is 4. The van der Waals surface area contributed by atoms with E-state index in [9.17, 15) is 31.9 Å². The first-order chi connectivity index (χ1) is 22.5. The molecule has 9 nitrogen and oxygen atoms in total. The van der Waals surface area contributed by atoms with Crippen molar-refractivity contribution in [3.8, 4) is 0 Å². The lowest BCUT2D eigenvalue weighted by Gasteiger charge is -2.14. The molecule has 47 heavy (non-hydrogen) atoms. The highest BCUT2D eigenvalue weighted by Crippen LogP contribution is 2.51. The van der Waals surface area contributed by atoms with E-state index in [2.05, 4.69) is 19.9 Å². The van der Waals surface area contributed by atoms with Gasteiger partial charge in [-0.1, -0.05) is 24.3 Å². The van der Waals surface area contributed by atoms with E-state index in [4.69, 9.17) is 5.73 Å². The van der Waals surface area contributed by atoms with Gasteiger partial charge < -0.3 is 11.1 Å². The van der Waals surface area contributed by atoms with Gasteiger partial charge in [0.2, 0.25) is 0 Å². The molecule has 0 saturated heterocycles. The summed E-state index contributed by atoms with van der Waals surface area (Å²) in [6.07, 6.45) is 7.78. The molecule has 2 aliphatic rings. The SMILES string of the molecule is NCC(=O)c1cnc(CC2(c3ccc(F)cc3)CC2)nc1.O=C(CNC(=O)C(F)F)c1cnc(CC2(c3ccc(F)cc3)CC2)nc1. The third-order valence-corrected chi connectivity index (χ3v) is 8.47. The van der Waals surface area contributed by atoms with Gasteiger partial charge in [-0.15, -0.1) is 0 Å². The van der Waals surface area contributed by atoms with Gasteiger partial charge in [0.1, 0.15) is 23.3 Å². The van der Waals surface area contributed by atoms with Crippen LogP contribution in [0.1, 0.15) is 69.2 Å². The van der Waals surface area contributed by atoms with Gasteiger partial charge in [0.25, 0.3) is 5.91 Å². The van der Waals surface area contributed by atoms with Gasteiger partial charge >= 0.3 is 6.43 Å². The first-order valence-corrected chi connectivity index (χ1v) is 15.0. The lowest BCUT2D eigenvalue weighted by atomic mass is 9.92. The first kappa shape index (κ1) is 33.5. The van der Waals surface area contributed by atoms with Crippen LogP contribution in [0, 0.1) is 11.6 Å². The van der Waals surface area contributed by atoms with Crippen molar-refractivity contribution in [2.24, 2.45) is 5.73 Å². The summed E-state index contributed by atoms with van der Waals surface area (Å²) in [5.74, 6) is -1.49. The molecule has 2 fully saturated rings. The van der Waals surface area contributed by atoms with Gasteiger partial charge in [0, 0.05) is 48.5 Å². The van der Waals surface area contributed by atoms with Gasteiger partial charge in [0.15, 0.2) is 11.6 Å². The highest BCUT2D eigenvalue weighted by molar-refractivity contribution is 5.99. The number of Topliss-reactive ketones (excluding diaryl/α,β-unsaturated/α-hetero) is 2. The Morgan fingerprint density at radius 1 is 0.681 bits per heavy atom. The number of benzene rings is 2. The summed E-state index contributed by atoms with van der Waals surface area (Å²) in [5, 5.41) is 1.84. The summed E-state index contributed by atoms with van der Waals surface area (Å²) >= 11 is 0. The summed E-state index contributed by atoms with van der Waals surface area (Å²) in [6.45, 7) is -0.576. The second-order valence-corrected chi connectivity index (χ2v) is 11.8. The van der Waals surface area contributed by atoms with E-state index in [0.29, 0.717) is 30.1 Å². The second kappa shape index (κ2) is 14.2. The average molecular weight is 649 g/mol. The Kier molecular flexibility index (Phi) is 10.1. The number of amides is 1. The zero-order valence-corrected chi connectivity index (χ0v) is 25.3. The topological polar surface area (TPSA) is 141 Å². The van der Waals surface area contributed by atoms with E-state index in [1.54, 1.807) is 12.1 Å². The fourth-order valence-electron chi connectivity index (χ4n) is 5.29. The van der Waals surface area contributed by atoms with Crippen LogP contribution in [-0.4, -0.2) is 56.9 Å². The Balaban J connectivity index is 0.000000189. The van der Waals surface area contributed by atoms with Crippen molar-refractivity contribution < 1.29 is 31.9 Å². The van der Waals surface area contributed by atoms with E-state index in [0.717, 1.165) is 36.8 Å². The van der Waals surface area contributed by atoms with Crippen molar-refractivity contribution in [2.45, 2.75) is 55.8 Å². The fourth-order valence-corrected chi connectivity index (χ4v) is 5.29. The lowest BCUT2D eigenvalue weighted by Crippen LogP contribution is -2.34. The molecule has 1 amide bonds. The minimum atomic E-state index is -3.16. The fraction of sp³-hybridized carbons (Fsp3) is 0.324. The normalized spacial score (nSPS) is 15.3. The molecule has 0 unspecified atom stereocenters. The van der Waals surface area contributed by atoms with Crippen molar-refractivity contribution in [1.29, 1.82) is 0 Å². The third kappa shape index (κ3) is 8.47. The molecule has 4 aromatic rings. The molecule has 0 spiro atoms. The number of carbonyl (C=O) groups excluding carboxylic acids is 3. The number of nitrogens with two attached hydrogens (primary N) is 1. The lowest BCUT2D eigenvalue weighted by molar-refractivity contribution is -0.131. The Morgan fingerprint density at radius 3 is 1.40 bits per heavy atom. The third-order valence-electron chi connectivity index (χ3n) is 8.47. The van der Waals surface area contributed by atoms with Gasteiger partial charge in [0.05, 0.1) is 24.2 Å². The molecule has 0 radical (unpaired) electrons. The van der Waals surface area contributed by atoms with E-state index >= 15 is 0 Å². The van der Waals surface area contributed by atoms with Crippen LogP contribution in [0.4, 0.5) is 17.6 Å². The van der Waals surface area contributed by atoms with Gasteiger partial charge in [-0.2, -0.15) is 8.78 Å². The van der Waals surface area contributed by atoms with E-state index < -0.39 is 24.7 Å². The molecule has 3 N–H and O–H groups in total. The summed E-state index contributed by atoms with van der Waals surface area (Å²) in [4.78, 5) is 50.9. The molecular formula is C34H32F4N6O3. The van der Waals surface area contributed by atoms with Crippen LogP contribution in [0.15, 0.2) is 73.3 Å². The molecule has 6 rings (SSSR count). The van der Waals surface area contributed by atoms with Crippen molar-refractivity contribution in [1.82, 2.24) is 25.3 Å². The van der Waals surface area contributed by atoms with Gasteiger partial charge in [-0.05, 0) is 61.1 Å². The van der Waals surface area contributed by atoms with Crippen LogP contribution in [0.25, 0.3) is 0 Å². The number of hydrogen-bond donors (Lipinski definition) is 2. The van der Waals surface area contributed by atoms with E-state index in [1.807, 2.05) is 17.4 Å². The Morgan fingerprint density at radius 2 is 1.06 bits per heavy atom. The maximum Gasteiger partial charge on any atom is 0.315 e. The first-order valence-electron chi connectivity index (χ1n) is 15.0. The number of aromatic nitrogens is 4. The predicted molar refractivity (Wildman–Crippen MR) is 163 cm³/mol. The Hall–Kier alpha value is -4.91. The average Bonchev–Trinajstić information content (AvgIpc) is 4.02. The molecule has 0 atom stereocenters. The number of nitrogens with one attached hydrogen (secondary N) is 1. The molecule has 0 aliphatic heterocycles. The van der Waals surface area contributed by atoms with Crippen molar-refractivity contribution >= 4 is 17.5 Å². The highest BCUT2D eigenvalue weighted by atomic mass is 19.3. The quantitative estimate of drug-likeness (QED) is 0.169. The molecule has 244 valence electrons. The van der Waals surface area contributed by atoms with Crippen molar-refractivity contribution in [3.63, 3.8) is 0 Å². The molecule has 13 heteroatoms. The van der Waals surface area contributed by atoms with Crippen LogP contribution < -0.4 is 11.1 Å². The number of rotatable bonds is 12. The van der Waals surface area contributed by atoms with Crippen LogP contribution in [0.3, 0.4) is 0 Å². The van der Waals surface area contributed by atoms with Gasteiger partial charge in [-0.3, -0.25) is 14.4 Å². The molecule has 2 aromatic heterocycles. The van der Waals surface area contributed by atoms with E-state index in [1.165, 1.54) is 49.1 Å². The van der Waals surface area contributed by atoms with Crippen molar-refractivity contribution in [3.05, 3.63) is 119 Å². The molecule has 2 aliphatic carbocycles. The Labute approximate surface area is 268 Å². The minimum absolute atomic E-state index is 0.0209. The van der Waals surface area contributed by atoms with Crippen LogP contribution in [0.2, 0.25) is 0 Å². The monoisotopic (exact) mass is 648 g/mol. The van der Waals surface area contributed by atoms with Crippen molar-refractivity contribution in [2.75, 3.05) is 13.1 Å². The molecule has 2 aromatic carbocycles. The Bertz CT molecular complexity index is 1710. The largest absolute Gasteiger partial charge is 0.344 e. The number of nitrogens with zero attached hydrogens (tertiary/aromatic N) is 4. The smallest absolute Gasteiger partial charge is 0.315 e. The zero-order valence-electron chi connectivity index (χ0n) is 25.3. The number of alkyl halides is 2. The maximum absolute atomic E-state index is 13.1. The van der Waals surface area contributed by atoms with Crippen LogP contribution >= 0.6 is 0 Å². The molecule has 2 saturated carbocycles. The zero-order chi connectivity index (χ0) is 33.6. The van der Waals surface area contributed by atoms with Crippen LogP contribution in [-0.2, 0) is 28.5 Å². The number of hydrogen-bond acceptors (Lipinski definition) is 8. The number of ketones is 2. The predicted octanol–water partition coefficient (Wildman–Crippen LogP) is 4.49. The van der Waals surface area contributed by atoms with Gasteiger partial charge in [-0.25, -0.2) is 28.7 Å². The molecule has 2 heterocycles. The summed E-state index contributed by atoms with van der Waals surface area (Å²) < 4.78 is 50.3. The highest BCUT2D eigenvalue weighted by Gasteiger charge is 2.45. The van der Waals surface area contributed by atoms with E-state index in [-0.39, 0.29) is 40.4 Å². The summed E-state index contributed by atoms with van der Waals surface area (Å²) in [6, 6.07) is 13.0. The van der Waals surface area contributed by atoms with Crippen LogP contribution in [0.5, 0.6) is 0 Å². The molecule has 0 bridgehead atoms. The number of carbonyl (C=O) groups is 3.